The van der Waals surface area contributed by atoms with E-state index in [2.05, 4.69) is 9.88 Å². The molecule has 0 bridgehead atoms. The fourth-order valence-electron chi connectivity index (χ4n) is 4.27. The summed E-state index contributed by atoms with van der Waals surface area (Å²) in [5.41, 5.74) is -0.180. The number of morpholine rings is 1. The molecule has 4 rings (SSSR count). The Morgan fingerprint density at radius 2 is 2.33 bits per heavy atom. The molecule has 6 heteroatoms. The first-order valence-electron chi connectivity index (χ1n) is 9.16. The topological polar surface area (TPSA) is 51.7 Å². The van der Waals surface area contributed by atoms with Crippen LogP contribution in [-0.2, 0) is 20.9 Å². The molecule has 24 heavy (non-hydrogen) atoms. The number of rotatable bonds is 5. The minimum absolute atomic E-state index is 0.180. The molecule has 1 spiro atoms. The van der Waals surface area contributed by atoms with Crippen molar-refractivity contribution in [2.45, 2.75) is 50.7 Å². The third kappa shape index (κ3) is 3.24. The quantitative estimate of drug-likeness (QED) is 0.819. The van der Waals surface area contributed by atoms with Crippen LogP contribution in [0.2, 0.25) is 0 Å². The van der Waals surface area contributed by atoms with Crippen molar-refractivity contribution < 1.29 is 14.3 Å². The van der Waals surface area contributed by atoms with Crippen LogP contribution in [0.15, 0.2) is 11.6 Å². The Labute approximate surface area is 147 Å². The van der Waals surface area contributed by atoms with Crippen molar-refractivity contribution in [1.29, 1.82) is 0 Å². The van der Waals surface area contributed by atoms with Gasteiger partial charge in [0.1, 0.15) is 5.01 Å². The zero-order valence-electron chi connectivity index (χ0n) is 14.1. The fraction of sp³-hybridized carbons (Fsp3) is 0.778. The van der Waals surface area contributed by atoms with Crippen LogP contribution < -0.4 is 0 Å². The van der Waals surface area contributed by atoms with Gasteiger partial charge in [0.05, 0.1) is 32.0 Å². The molecule has 2 heterocycles. The van der Waals surface area contributed by atoms with E-state index in [-0.39, 0.29) is 11.5 Å². The zero-order chi connectivity index (χ0) is 16.4. The molecular formula is C18H26N2O3S. The van der Waals surface area contributed by atoms with Gasteiger partial charge in [-0.1, -0.05) is 12.8 Å². The van der Waals surface area contributed by atoms with Crippen LogP contribution in [-0.4, -0.2) is 47.7 Å². The first-order valence-corrected chi connectivity index (χ1v) is 10.0. The van der Waals surface area contributed by atoms with E-state index in [1.54, 1.807) is 11.3 Å². The second-order valence-electron chi connectivity index (χ2n) is 7.33. The van der Waals surface area contributed by atoms with Crippen molar-refractivity contribution in [2.75, 3.05) is 26.3 Å². The predicted molar refractivity (Wildman–Crippen MR) is 91.7 cm³/mol. The minimum atomic E-state index is -0.180. The lowest BCUT2D eigenvalue weighted by Gasteiger charge is -2.45. The third-order valence-electron chi connectivity index (χ3n) is 5.90. The number of ether oxygens (including phenoxy) is 2. The lowest BCUT2D eigenvalue weighted by Crippen LogP contribution is -2.57. The van der Waals surface area contributed by atoms with Gasteiger partial charge < -0.3 is 14.4 Å². The van der Waals surface area contributed by atoms with Gasteiger partial charge in [0.2, 0.25) is 5.91 Å². The maximum atomic E-state index is 12.6. The summed E-state index contributed by atoms with van der Waals surface area (Å²) in [6, 6.07) is 0. The molecule has 5 nitrogen and oxygen atoms in total. The number of amides is 1. The SMILES string of the molecule is O=C(C1CCC1)N1CCO[C@]2(CCC[C@H]2COCc2nccs2)C1. The molecule has 2 saturated carbocycles. The van der Waals surface area contributed by atoms with E-state index in [1.807, 2.05) is 11.6 Å². The second-order valence-corrected chi connectivity index (χ2v) is 8.31. The molecule has 0 N–H and O–H groups in total. The number of carbonyl (C=O) groups is 1. The minimum Gasteiger partial charge on any atom is -0.374 e. The number of aromatic nitrogens is 1. The first-order chi connectivity index (χ1) is 11.8. The smallest absolute Gasteiger partial charge is 0.225 e. The lowest BCUT2D eigenvalue weighted by atomic mass is 9.83. The summed E-state index contributed by atoms with van der Waals surface area (Å²) >= 11 is 1.63. The van der Waals surface area contributed by atoms with E-state index in [0.29, 0.717) is 31.6 Å². The molecule has 1 aromatic heterocycles. The van der Waals surface area contributed by atoms with Crippen LogP contribution >= 0.6 is 11.3 Å². The van der Waals surface area contributed by atoms with Gasteiger partial charge in [-0.2, -0.15) is 0 Å². The van der Waals surface area contributed by atoms with E-state index in [1.165, 1.54) is 6.42 Å². The molecule has 1 aliphatic heterocycles. The third-order valence-corrected chi connectivity index (χ3v) is 6.65. The van der Waals surface area contributed by atoms with Gasteiger partial charge in [0.25, 0.3) is 0 Å². The standard InChI is InChI=1S/C18H26N2O3S/c21-17(14-3-1-4-14)20-8-9-23-18(13-20)6-2-5-15(18)11-22-12-16-19-7-10-24-16/h7,10,14-15H,1-6,8-9,11-13H2/t15-,18+/m0/s1. The summed E-state index contributed by atoms with van der Waals surface area (Å²) in [5.74, 6) is 1.02. The van der Waals surface area contributed by atoms with Gasteiger partial charge in [-0.25, -0.2) is 4.98 Å². The Morgan fingerprint density at radius 1 is 1.42 bits per heavy atom. The van der Waals surface area contributed by atoms with E-state index >= 15 is 0 Å². The second kappa shape index (κ2) is 7.10. The average Bonchev–Trinajstić information content (AvgIpc) is 3.17. The van der Waals surface area contributed by atoms with Crippen molar-refractivity contribution in [2.24, 2.45) is 11.8 Å². The number of hydrogen-bond donors (Lipinski definition) is 0. The summed E-state index contributed by atoms with van der Waals surface area (Å²) < 4.78 is 12.2. The molecular weight excluding hydrogens is 324 g/mol. The first kappa shape index (κ1) is 16.5. The van der Waals surface area contributed by atoms with Crippen LogP contribution in [0.4, 0.5) is 0 Å². The number of hydrogen-bond acceptors (Lipinski definition) is 5. The maximum Gasteiger partial charge on any atom is 0.225 e. The molecule has 1 aromatic rings. The predicted octanol–water partition coefficient (Wildman–Crippen LogP) is 2.86. The van der Waals surface area contributed by atoms with Crippen molar-refractivity contribution in [3.05, 3.63) is 16.6 Å². The Morgan fingerprint density at radius 3 is 3.08 bits per heavy atom. The van der Waals surface area contributed by atoms with Crippen LogP contribution in [0, 0.1) is 11.8 Å². The summed E-state index contributed by atoms with van der Waals surface area (Å²) in [6.45, 7) is 3.46. The number of nitrogens with zero attached hydrogens (tertiary/aromatic N) is 2. The lowest BCUT2D eigenvalue weighted by molar-refractivity contribution is -0.167. The molecule has 1 saturated heterocycles. The molecule has 3 aliphatic rings. The maximum absolute atomic E-state index is 12.6. The van der Waals surface area contributed by atoms with Gasteiger partial charge in [0.15, 0.2) is 0 Å². The Hall–Kier alpha value is -0.980. The van der Waals surface area contributed by atoms with Gasteiger partial charge >= 0.3 is 0 Å². The molecule has 2 aliphatic carbocycles. The van der Waals surface area contributed by atoms with E-state index < -0.39 is 0 Å². The van der Waals surface area contributed by atoms with Crippen LogP contribution in [0.3, 0.4) is 0 Å². The number of carbonyl (C=O) groups excluding carboxylic acids is 1. The van der Waals surface area contributed by atoms with Crippen LogP contribution in [0.1, 0.15) is 43.5 Å². The highest BCUT2D eigenvalue weighted by Gasteiger charge is 2.48. The molecule has 3 fully saturated rings. The molecule has 1 amide bonds. The molecule has 0 unspecified atom stereocenters. The average molecular weight is 350 g/mol. The van der Waals surface area contributed by atoms with Gasteiger partial charge in [0, 0.05) is 30.0 Å². The molecule has 132 valence electrons. The number of thiazole rings is 1. The summed E-state index contributed by atoms with van der Waals surface area (Å²) in [4.78, 5) is 19.0. The van der Waals surface area contributed by atoms with Gasteiger partial charge in [-0.05, 0) is 25.7 Å². The Kier molecular flexibility index (Phi) is 4.88. The monoisotopic (exact) mass is 350 g/mol. The summed E-state index contributed by atoms with van der Waals surface area (Å²) in [6.07, 6.45) is 8.51. The van der Waals surface area contributed by atoms with Crippen molar-refractivity contribution in [3.8, 4) is 0 Å². The van der Waals surface area contributed by atoms with Crippen molar-refractivity contribution in [3.63, 3.8) is 0 Å². The largest absolute Gasteiger partial charge is 0.374 e. The summed E-state index contributed by atoms with van der Waals surface area (Å²) in [7, 11) is 0. The van der Waals surface area contributed by atoms with E-state index in [9.17, 15) is 4.79 Å². The normalized spacial score (nSPS) is 30.7. The summed E-state index contributed by atoms with van der Waals surface area (Å²) in [5, 5.41) is 3.00. The Balaban J connectivity index is 1.35. The highest BCUT2D eigenvalue weighted by molar-refractivity contribution is 7.09. The molecule has 0 aromatic carbocycles. The zero-order valence-corrected chi connectivity index (χ0v) is 14.9. The van der Waals surface area contributed by atoms with Crippen molar-refractivity contribution >= 4 is 17.2 Å². The van der Waals surface area contributed by atoms with E-state index in [4.69, 9.17) is 9.47 Å². The van der Waals surface area contributed by atoms with Crippen LogP contribution in [0.25, 0.3) is 0 Å². The fourth-order valence-corrected chi connectivity index (χ4v) is 4.82. The highest BCUT2D eigenvalue weighted by Crippen LogP contribution is 2.42. The van der Waals surface area contributed by atoms with Gasteiger partial charge in [-0.3, -0.25) is 4.79 Å². The Bertz CT molecular complexity index is 561. The van der Waals surface area contributed by atoms with Crippen LogP contribution in [0.5, 0.6) is 0 Å². The van der Waals surface area contributed by atoms with E-state index in [0.717, 1.165) is 50.2 Å². The molecule has 0 radical (unpaired) electrons. The highest BCUT2D eigenvalue weighted by atomic mass is 32.1. The van der Waals surface area contributed by atoms with Crippen molar-refractivity contribution in [1.82, 2.24) is 9.88 Å². The molecule has 2 atom stereocenters. The van der Waals surface area contributed by atoms with Gasteiger partial charge in [-0.15, -0.1) is 11.3 Å².